The molecule has 0 aliphatic carbocycles. The van der Waals surface area contributed by atoms with Crippen LogP contribution in [0, 0.1) is 11.3 Å². The molecule has 1 aliphatic rings. The molecule has 0 saturated carbocycles. The van der Waals surface area contributed by atoms with Gasteiger partial charge in [0, 0.05) is 13.1 Å². The molecule has 15 heteroatoms. The minimum Gasteiger partial charge on any atom is -0.475 e. The van der Waals surface area contributed by atoms with E-state index < -0.39 is 30.5 Å². The number of aromatic nitrogens is 4. The number of nitrogens with zero attached hydrogens (tertiary/aromatic N) is 4. The third-order valence-electron chi connectivity index (χ3n) is 4.12. The number of aryl methyl sites for hydroxylation is 1. The second-order valence-electron chi connectivity index (χ2n) is 7.42. The second kappa shape index (κ2) is 9.30. The van der Waals surface area contributed by atoms with Gasteiger partial charge in [-0.3, -0.25) is 19.3 Å². The van der Waals surface area contributed by atoms with Crippen LogP contribution >= 0.6 is 0 Å². The number of halogens is 3. The van der Waals surface area contributed by atoms with E-state index in [2.05, 4.69) is 36.4 Å². The van der Waals surface area contributed by atoms with Crippen molar-refractivity contribution in [2.45, 2.75) is 32.4 Å². The third-order valence-corrected chi connectivity index (χ3v) is 4.12. The number of H-pyrrole nitrogens is 1. The summed E-state index contributed by atoms with van der Waals surface area (Å²) in [4.78, 5) is 24.3. The molecule has 0 saturated heterocycles. The van der Waals surface area contributed by atoms with Crippen molar-refractivity contribution in [3.05, 3.63) is 40.7 Å². The van der Waals surface area contributed by atoms with Gasteiger partial charge in [0.1, 0.15) is 23.5 Å². The summed E-state index contributed by atoms with van der Waals surface area (Å²) in [7, 11) is 1.39. The number of hydrogen-bond donors (Lipinski definition) is 3. The number of aromatic amines is 1. The lowest BCUT2D eigenvalue weighted by atomic mass is 10.1. The summed E-state index contributed by atoms with van der Waals surface area (Å²) in [5.74, 6) is -0.383. The van der Waals surface area contributed by atoms with Crippen molar-refractivity contribution in [3.63, 3.8) is 0 Å². The average Bonchev–Trinajstić information content (AvgIpc) is 3.45. The Morgan fingerprint density at radius 3 is 2.79 bits per heavy atom. The largest absolute Gasteiger partial charge is 0.522 e. The standard InChI is InChI=1S/C19H18F3N7O5/c1-18(2,9-23)25-17(31)34-11-5-14(32-8-11)12-6-15(27-26-12)24-16(30)13-4-10(28-29(13)3)7-33-19(20,21)22/h4,6H,7-8H2,1-3H3,(H,25,31)(H2,24,26,27,30). The molecular weight excluding hydrogens is 463 g/mol. The van der Waals surface area contributed by atoms with Gasteiger partial charge >= 0.3 is 12.5 Å². The number of alkyl carbamates (subject to hydrolysis) is 1. The fraction of sp³-hybridized carbons (Fsp3) is 0.368. The lowest BCUT2D eigenvalue weighted by Crippen LogP contribution is -2.42. The average molecular weight is 481 g/mol. The summed E-state index contributed by atoms with van der Waals surface area (Å²) < 4.78 is 51.8. The number of carbonyl (C=O) groups excluding carboxylic acids is 2. The van der Waals surface area contributed by atoms with Crippen LogP contribution in [0.1, 0.15) is 35.7 Å². The number of nitriles is 1. The van der Waals surface area contributed by atoms with E-state index in [1.165, 1.54) is 27.0 Å². The van der Waals surface area contributed by atoms with Gasteiger partial charge in [-0.15, -0.1) is 13.2 Å². The van der Waals surface area contributed by atoms with Gasteiger partial charge in [-0.05, 0) is 25.6 Å². The Morgan fingerprint density at radius 2 is 2.12 bits per heavy atom. The van der Waals surface area contributed by atoms with Crippen molar-refractivity contribution in [1.29, 1.82) is 5.26 Å². The maximum atomic E-state index is 12.5. The van der Waals surface area contributed by atoms with Gasteiger partial charge in [0.05, 0.1) is 11.8 Å². The lowest BCUT2D eigenvalue weighted by molar-refractivity contribution is -0.330. The second-order valence-corrected chi connectivity index (χ2v) is 7.42. The van der Waals surface area contributed by atoms with Gasteiger partial charge < -0.3 is 20.1 Å². The predicted molar refractivity (Wildman–Crippen MR) is 106 cm³/mol. The number of carbonyl (C=O) groups is 2. The minimum atomic E-state index is -4.82. The maximum Gasteiger partial charge on any atom is 0.522 e. The first-order chi connectivity index (χ1) is 15.8. The summed E-state index contributed by atoms with van der Waals surface area (Å²) in [5, 5.41) is 24.1. The number of amides is 2. The van der Waals surface area contributed by atoms with Gasteiger partial charge in [-0.25, -0.2) is 4.79 Å². The minimum absolute atomic E-state index is 0.0245. The zero-order chi connectivity index (χ0) is 25.1. The molecule has 0 unspecified atom stereocenters. The van der Waals surface area contributed by atoms with E-state index in [1.54, 1.807) is 0 Å². The van der Waals surface area contributed by atoms with Crippen LogP contribution in [0.15, 0.2) is 23.6 Å². The van der Waals surface area contributed by atoms with E-state index in [9.17, 15) is 22.8 Å². The number of alkyl halides is 3. The number of rotatable bonds is 7. The van der Waals surface area contributed by atoms with Crippen LogP contribution in [0.3, 0.4) is 0 Å². The molecule has 34 heavy (non-hydrogen) atoms. The van der Waals surface area contributed by atoms with Crippen LogP contribution in [0.4, 0.5) is 23.8 Å². The number of nitrogens with one attached hydrogen (secondary N) is 3. The first kappa shape index (κ1) is 24.4. The van der Waals surface area contributed by atoms with Crippen molar-refractivity contribution < 1.29 is 37.0 Å². The molecule has 3 rings (SSSR count). The normalized spacial score (nSPS) is 13.4. The molecule has 2 aromatic rings. The van der Waals surface area contributed by atoms with E-state index in [0.717, 1.165) is 10.7 Å². The molecule has 1 aliphatic heterocycles. The molecule has 0 fully saturated rings. The third kappa shape index (κ3) is 6.37. The Kier molecular flexibility index (Phi) is 6.66. The van der Waals surface area contributed by atoms with Crippen LogP contribution in [0.5, 0.6) is 0 Å². The fourth-order valence-electron chi connectivity index (χ4n) is 2.60. The van der Waals surface area contributed by atoms with Crippen molar-refractivity contribution in [2.24, 2.45) is 7.05 Å². The van der Waals surface area contributed by atoms with Crippen LogP contribution in [-0.2, 0) is 27.9 Å². The molecule has 0 radical (unpaired) electrons. The quantitative estimate of drug-likeness (QED) is 0.509. The van der Waals surface area contributed by atoms with E-state index in [1.807, 2.05) is 6.07 Å². The Labute approximate surface area is 190 Å². The summed E-state index contributed by atoms with van der Waals surface area (Å²) in [6, 6.07) is 4.46. The van der Waals surface area contributed by atoms with E-state index in [0.29, 0.717) is 5.69 Å². The van der Waals surface area contributed by atoms with Crippen LogP contribution in [0.25, 0.3) is 5.76 Å². The van der Waals surface area contributed by atoms with Crippen molar-refractivity contribution in [2.75, 3.05) is 11.9 Å². The van der Waals surface area contributed by atoms with Crippen LogP contribution in [-0.4, -0.2) is 50.5 Å². The molecule has 2 amide bonds. The van der Waals surface area contributed by atoms with E-state index in [4.69, 9.17) is 14.7 Å². The highest BCUT2D eigenvalue weighted by Crippen LogP contribution is 2.23. The Balaban J connectivity index is 1.64. The van der Waals surface area contributed by atoms with Crippen molar-refractivity contribution >= 4 is 23.6 Å². The molecule has 12 nitrogen and oxygen atoms in total. The molecule has 3 heterocycles. The van der Waals surface area contributed by atoms with Crippen LogP contribution < -0.4 is 10.6 Å². The molecule has 0 spiro atoms. The van der Waals surface area contributed by atoms with Gasteiger partial charge in [0.25, 0.3) is 5.91 Å². The molecular formula is C19H18F3N7O5. The highest BCUT2D eigenvalue weighted by atomic mass is 19.4. The molecule has 0 atom stereocenters. The Hall–Kier alpha value is -4.28. The topological polar surface area (TPSA) is 156 Å². The zero-order valence-corrected chi connectivity index (χ0v) is 18.0. The molecule has 3 N–H and O–H groups in total. The smallest absolute Gasteiger partial charge is 0.475 e. The van der Waals surface area contributed by atoms with Crippen molar-refractivity contribution in [1.82, 2.24) is 25.3 Å². The number of ether oxygens (including phenoxy) is 3. The Bertz CT molecular complexity index is 1220. The van der Waals surface area contributed by atoms with Crippen molar-refractivity contribution in [3.8, 4) is 6.07 Å². The maximum absolute atomic E-state index is 12.5. The molecule has 0 aromatic carbocycles. The predicted octanol–water partition coefficient (Wildman–Crippen LogP) is 2.31. The lowest BCUT2D eigenvalue weighted by Gasteiger charge is -2.16. The van der Waals surface area contributed by atoms with Crippen LogP contribution in [0.2, 0.25) is 0 Å². The molecule has 0 bridgehead atoms. The number of hydrogen-bond acceptors (Lipinski definition) is 8. The molecule has 180 valence electrons. The van der Waals surface area contributed by atoms with E-state index >= 15 is 0 Å². The molecule has 2 aromatic heterocycles. The van der Waals surface area contributed by atoms with Gasteiger partial charge in [0.2, 0.25) is 0 Å². The first-order valence-electron chi connectivity index (χ1n) is 9.50. The SMILES string of the molecule is Cn1nc(COC(F)(F)F)cc1C(=O)Nc1cc(C2=C=C(OC(=O)NC(C)(C)C#N)CO2)[nH]n1. The fourth-order valence-corrected chi connectivity index (χ4v) is 2.60. The monoisotopic (exact) mass is 481 g/mol. The first-order valence-corrected chi connectivity index (χ1v) is 9.50. The summed E-state index contributed by atoms with van der Waals surface area (Å²) in [5.41, 5.74) is 1.79. The summed E-state index contributed by atoms with van der Waals surface area (Å²) >= 11 is 0. The highest BCUT2D eigenvalue weighted by molar-refractivity contribution is 6.02. The number of anilines is 1. The van der Waals surface area contributed by atoms with Gasteiger partial charge in [-0.2, -0.15) is 15.5 Å². The van der Waals surface area contributed by atoms with Gasteiger partial charge in [-0.1, -0.05) is 0 Å². The zero-order valence-electron chi connectivity index (χ0n) is 18.0. The van der Waals surface area contributed by atoms with Gasteiger partial charge in [0.15, 0.2) is 23.9 Å². The van der Waals surface area contributed by atoms with E-state index in [-0.39, 0.29) is 35.3 Å². The summed E-state index contributed by atoms with van der Waals surface area (Å²) in [6.45, 7) is 2.05. The Morgan fingerprint density at radius 1 is 1.38 bits per heavy atom. The summed E-state index contributed by atoms with van der Waals surface area (Å²) in [6.07, 6.45) is -5.67. The highest BCUT2D eigenvalue weighted by Gasteiger charge is 2.30.